The van der Waals surface area contributed by atoms with Gasteiger partial charge in [-0.25, -0.2) is 17.2 Å². The first-order chi connectivity index (χ1) is 15.5. The zero-order chi connectivity index (χ0) is 24.0. The van der Waals surface area contributed by atoms with Crippen molar-refractivity contribution in [2.24, 2.45) is 0 Å². The van der Waals surface area contributed by atoms with Crippen molar-refractivity contribution < 1.29 is 18.3 Å². The molecule has 0 saturated heterocycles. The van der Waals surface area contributed by atoms with Gasteiger partial charge in [0.15, 0.2) is 0 Å². The monoisotopic (exact) mass is 461 g/mol. The minimum Gasteiger partial charge on any atom is -0.478 e. The molecule has 0 aliphatic rings. The van der Waals surface area contributed by atoms with Gasteiger partial charge < -0.3 is 5.11 Å². The van der Waals surface area contributed by atoms with Crippen molar-refractivity contribution in [2.75, 3.05) is 0 Å². The standard InChI is InChI=1S/C27H27NO4S/c1-18-8-13-25-21(14-18)16-23(15-19-9-11-20(12-10-19)26(29)30)28(25)33(31,32)24-7-5-6-22(17-24)27(2,3)4/h5-14,16-17H,15H2,1-4H3,(H,29,30). The quantitative estimate of drug-likeness (QED) is 0.409. The molecule has 1 heterocycles. The van der Waals surface area contributed by atoms with Gasteiger partial charge in [0.05, 0.1) is 16.0 Å². The fourth-order valence-corrected chi connectivity index (χ4v) is 5.57. The highest BCUT2D eigenvalue weighted by Gasteiger charge is 2.25. The zero-order valence-corrected chi connectivity index (χ0v) is 20.0. The topological polar surface area (TPSA) is 76.4 Å². The summed E-state index contributed by atoms with van der Waals surface area (Å²) in [6, 6.07) is 21.3. The van der Waals surface area contributed by atoms with E-state index in [0.29, 0.717) is 17.6 Å². The van der Waals surface area contributed by atoms with Crippen molar-refractivity contribution in [2.45, 2.75) is 44.4 Å². The molecule has 0 fully saturated rings. The van der Waals surface area contributed by atoms with E-state index in [1.807, 2.05) is 37.3 Å². The van der Waals surface area contributed by atoms with E-state index < -0.39 is 16.0 Å². The lowest BCUT2D eigenvalue weighted by atomic mass is 9.87. The van der Waals surface area contributed by atoms with Crippen molar-refractivity contribution in [3.05, 3.63) is 101 Å². The van der Waals surface area contributed by atoms with Gasteiger partial charge in [0.2, 0.25) is 0 Å². The summed E-state index contributed by atoms with van der Waals surface area (Å²) in [6.45, 7) is 8.14. The van der Waals surface area contributed by atoms with Crippen LogP contribution in [-0.2, 0) is 21.9 Å². The predicted molar refractivity (Wildman–Crippen MR) is 131 cm³/mol. The third-order valence-corrected chi connectivity index (χ3v) is 7.57. The number of hydrogen-bond acceptors (Lipinski definition) is 3. The maximum Gasteiger partial charge on any atom is 0.335 e. The molecule has 0 unspecified atom stereocenters. The second-order valence-electron chi connectivity index (χ2n) is 9.42. The molecular formula is C27H27NO4S. The summed E-state index contributed by atoms with van der Waals surface area (Å²) in [5.74, 6) is -0.993. The molecule has 170 valence electrons. The lowest BCUT2D eigenvalue weighted by molar-refractivity contribution is 0.0697. The largest absolute Gasteiger partial charge is 0.478 e. The Morgan fingerprint density at radius 2 is 1.64 bits per heavy atom. The molecule has 4 rings (SSSR count). The summed E-state index contributed by atoms with van der Waals surface area (Å²) in [7, 11) is -3.87. The number of rotatable bonds is 5. The molecule has 1 N–H and O–H groups in total. The van der Waals surface area contributed by atoms with Gasteiger partial charge >= 0.3 is 5.97 Å². The number of carbonyl (C=O) groups is 1. The molecule has 0 amide bonds. The number of aryl methyl sites for hydroxylation is 1. The minimum absolute atomic E-state index is 0.184. The maximum absolute atomic E-state index is 13.9. The number of nitrogens with zero attached hydrogens (tertiary/aromatic N) is 1. The molecule has 0 atom stereocenters. The van der Waals surface area contributed by atoms with Crippen molar-refractivity contribution in [3.8, 4) is 0 Å². The smallest absolute Gasteiger partial charge is 0.335 e. The Balaban J connectivity index is 1.88. The highest BCUT2D eigenvalue weighted by atomic mass is 32.2. The maximum atomic E-state index is 13.9. The Hall–Kier alpha value is -3.38. The van der Waals surface area contributed by atoms with Crippen LogP contribution in [0.4, 0.5) is 0 Å². The zero-order valence-electron chi connectivity index (χ0n) is 19.2. The number of carboxylic acid groups (broad SMARTS) is 1. The third-order valence-electron chi connectivity index (χ3n) is 5.81. The van der Waals surface area contributed by atoms with Crippen molar-refractivity contribution in [1.29, 1.82) is 0 Å². The lowest BCUT2D eigenvalue weighted by Crippen LogP contribution is -2.18. The van der Waals surface area contributed by atoms with Gasteiger partial charge in [-0.2, -0.15) is 0 Å². The summed E-state index contributed by atoms with van der Waals surface area (Å²) >= 11 is 0. The van der Waals surface area contributed by atoms with Crippen LogP contribution in [0.25, 0.3) is 10.9 Å². The Morgan fingerprint density at radius 3 is 2.27 bits per heavy atom. The second kappa shape index (κ2) is 8.19. The first-order valence-corrected chi connectivity index (χ1v) is 12.2. The van der Waals surface area contributed by atoms with Crippen LogP contribution < -0.4 is 0 Å². The summed E-state index contributed by atoms with van der Waals surface area (Å²) in [6.07, 6.45) is 0.353. The molecule has 0 aliphatic carbocycles. The number of hydrogen-bond donors (Lipinski definition) is 1. The van der Waals surface area contributed by atoms with E-state index >= 15 is 0 Å². The molecule has 33 heavy (non-hydrogen) atoms. The Labute approximate surface area is 194 Å². The molecule has 0 aliphatic heterocycles. The van der Waals surface area contributed by atoms with Crippen LogP contribution in [0.2, 0.25) is 0 Å². The van der Waals surface area contributed by atoms with E-state index in [2.05, 4.69) is 20.8 Å². The number of fused-ring (bicyclic) bond motifs is 1. The predicted octanol–water partition coefficient (Wildman–Crippen LogP) is 5.77. The fraction of sp³-hybridized carbons (Fsp3) is 0.222. The van der Waals surface area contributed by atoms with Crippen LogP contribution in [0.5, 0.6) is 0 Å². The van der Waals surface area contributed by atoms with E-state index in [-0.39, 0.29) is 15.9 Å². The van der Waals surface area contributed by atoms with Gasteiger partial charge in [-0.1, -0.05) is 56.7 Å². The Morgan fingerprint density at radius 1 is 0.939 bits per heavy atom. The van der Waals surface area contributed by atoms with Crippen molar-refractivity contribution >= 4 is 26.9 Å². The summed E-state index contributed by atoms with van der Waals surface area (Å²) in [5.41, 5.74) is 4.08. The van der Waals surface area contributed by atoms with Crippen LogP contribution in [-0.4, -0.2) is 23.5 Å². The number of aromatic nitrogens is 1. The summed E-state index contributed by atoms with van der Waals surface area (Å²) in [4.78, 5) is 11.4. The molecule has 3 aromatic carbocycles. The van der Waals surface area contributed by atoms with Crippen LogP contribution in [0.15, 0.2) is 77.7 Å². The minimum atomic E-state index is -3.87. The van der Waals surface area contributed by atoms with E-state index in [1.165, 1.54) is 16.1 Å². The molecule has 0 bridgehead atoms. The Kier molecular flexibility index (Phi) is 5.66. The fourth-order valence-electron chi connectivity index (χ4n) is 3.98. The van der Waals surface area contributed by atoms with Gasteiger partial charge in [-0.15, -0.1) is 0 Å². The van der Waals surface area contributed by atoms with Crippen LogP contribution in [0.1, 0.15) is 53.5 Å². The van der Waals surface area contributed by atoms with Crippen LogP contribution in [0, 0.1) is 6.92 Å². The number of benzene rings is 3. The van der Waals surface area contributed by atoms with Crippen LogP contribution in [0.3, 0.4) is 0 Å². The molecule has 4 aromatic rings. The summed E-state index contributed by atoms with van der Waals surface area (Å²) in [5, 5.41) is 10.0. The molecule has 5 nitrogen and oxygen atoms in total. The summed E-state index contributed by atoms with van der Waals surface area (Å²) < 4.78 is 29.3. The van der Waals surface area contributed by atoms with Gasteiger partial charge in [0.25, 0.3) is 10.0 Å². The van der Waals surface area contributed by atoms with E-state index in [9.17, 15) is 13.2 Å². The Bertz CT molecular complexity index is 1460. The number of carboxylic acids is 1. The average molecular weight is 462 g/mol. The molecule has 0 radical (unpaired) electrons. The first kappa shape index (κ1) is 22.8. The van der Waals surface area contributed by atoms with Crippen molar-refractivity contribution in [1.82, 2.24) is 3.97 Å². The van der Waals surface area contributed by atoms with Gasteiger partial charge in [0, 0.05) is 17.5 Å². The van der Waals surface area contributed by atoms with E-state index in [4.69, 9.17) is 5.11 Å². The molecular weight excluding hydrogens is 434 g/mol. The molecule has 6 heteroatoms. The molecule has 1 aromatic heterocycles. The van der Waals surface area contributed by atoms with Crippen molar-refractivity contribution in [3.63, 3.8) is 0 Å². The highest BCUT2D eigenvalue weighted by Crippen LogP contribution is 2.30. The third kappa shape index (κ3) is 4.44. The van der Waals surface area contributed by atoms with E-state index in [1.54, 1.807) is 30.3 Å². The van der Waals surface area contributed by atoms with Crippen LogP contribution >= 0.6 is 0 Å². The van der Waals surface area contributed by atoms with Gasteiger partial charge in [-0.05, 0) is 65.9 Å². The SMILES string of the molecule is Cc1ccc2c(c1)cc(Cc1ccc(C(=O)O)cc1)n2S(=O)(=O)c1cccc(C(C)(C)C)c1. The second-order valence-corrected chi connectivity index (χ2v) is 11.2. The normalized spacial score (nSPS) is 12.2. The number of aromatic carboxylic acids is 1. The van der Waals surface area contributed by atoms with E-state index in [0.717, 1.165) is 22.1 Å². The molecule has 0 spiro atoms. The molecule has 0 saturated carbocycles. The highest BCUT2D eigenvalue weighted by molar-refractivity contribution is 7.90. The average Bonchev–Trinajstić information content (AvgIpc) is 3.11. The van der Waals surface area contributed by atoms with Gasteiger partial charge in [0.1, 0.15) is 0 Å². The lowest BCUT2D eigenvalue weighted by Gasteiger charge is -2.20. The van der Waals surface area contributed by atoms with Gasteiger partial charge in [-0.3, -0.25) is 0 Å². The first-order valence-electron chi connectivity index (χ1n) is 10.8.